The molecule has 0 saturated heterocycles. The molecule has 4 heteroatoms. The van der Waals surface area contributed by atoms with Gasteiger partial charge in [-0.1, -0.05) is 60.7 Å². The maximum atomic E-state index is 6.26. The molecule has 1 heterocycles. The van der Waals surface area contributed by atoms with E-state index in [-0.39, 0.29) is 6.10 Å². The van der Waals surface area contributed by atoms with Gasteiger partial charge in [-0.3, -0.25) is 4.68 Å². The molecule has 0 N–H and O–H groups in total. The zero-order valence-electron chi connectivity index (χ0n) is 17.4. The molecule has 0 aliphatic carbocycles. The predicted molar refractivity (Wildman–Crippen MR) is 122 cm³/mol. The standard InChI is InChI=1S/C26H26N2O2/c1-3-7-22-11-10-20(18-28-15-6-14-27-28)16-25(22)30-19-26(29-2)24-13-12-21-8-4-5-9-23(21)17-24/h3-17,26H,18-19H2,1-2H3/b7-3+. The van der Waals surface area contributed by atoms with Crippen LogP contribution in [0.4, 0.5) is 0 Å². The monoisotopic (exact) mass is 398 g/mol. The molecule has 0 amide bonds. The Morgan fingerprint density at radius 2 is 1.87 bits per heavy atom. The molecule has 3 aromatic carbocycles. The summed E-state index contributed by atoms with van der Waals surface area (Å²) in [5.41, 5.74) is 3.30. The van der Waals surface area contributed by atoms with Crippen molar-refractivity contribution in [1.82, 2.24) is 9.78 Å². The fourth-order valence-electron chi connectivity index (χ4n) is 3.57. The van der Waals surface area contributed by atoms with Gasteiger partial charge in [-0.15, -0.1) is 0 Å². The lowest BCUT2D eigenvalue weighted by Crippen LogP contribution is -2.13. The number of aromatic nitrogens is 2. The first-order valence-corrected chi connectivity index (χ1v) is 10.1. The molecule has 1 unspecified atom stereocenters. The van der Waals surface area contributed by atoms with Crippen molar-refractivity contribution < 1.29 is 9.47 Å². The Hall–Kier alpha value is -3.37. The third-order valence-corrected chi connectivity index (χ3v) is 5.15. The second-order valence-electron chi connectivity index (χ2n) is 7.22. The molecule has 4 nitrogen and oxygen atoms in total. The summed E-state index contributed by atoms with van der Waals surface area (Å²) < 4.78 is 13.9. The average molecular weight is 399 g/mol. The van der Waals surface area contributed by atoms with E-state index in [0.29, 0.717) is 13.2 Å². The van der Waals surface area contributed by atoms with Crippen molar-refractivity contribution >= 4 is 16.8 Å². The van der Waals surface area contributed by atoms with Crippen LogP contribution in [-0.2, 0) is 11.3 Å². The molecule has 0 fully saturated rings. The Morgan fingerprint density at radius 3 is 2.63 bits per heavy atom. The Balaban J connectivity index is 1.54. The number of ether oxygens (including phenoxy) is 2. The Morgan fingerprint density at radius 1 is 1.00 bits per heavy atom. The lowest BCUT2D eigenvalue weighted by atomic mass is 10.0. The average Bonchev–Trinajstić information content (AvgIpc) is 3.29. The van der Waals surface area contributed by atoms with E-state index in [1.165, 1.54) is 10.8 Å². The largest absolute Gasteiger partial charge is 0.490 e. The van der Waals surface area contributed by atoms with Gasteiger partial charge in [0.2, 0.25) is 0 Å². The van der Waals surface area contributed by atoms with Crippen LogP contribution in [-0.4, -0.2) is 23.5 Å². The van der Waals surface area contributed by atoms with Gasteiger partial charge in [-0.25, -0.2) is 0 Å². The summed E-state index contributed by atoms with van der Waals surface area (Å²) in [4.78, 5) is 0. The van der Waals surface area contributed by atoms with Crippen molar-refractivity contribution in [2.24, 2.45) is 0 Å². The zero-order valence-corrected chi connectivity index (χ0v) is 17.4. The summed E-state index contributed by atoms with van der Waals surface area (Å²) in [5, 5.41) is 6.72. The van der Waals surface area contributed by atoms with Crippen molar-refractivity contribution in [2.45, 2.75) is 19.6 Å². The summed E-state index contributed by atoms with van der Waals surface area (Å²) >= 11 is 0. The van der Waals surface area contributed by atoms with Crippen molar-refractivity contribution in [3.63, 3.8) is 0 Å². The van der Waals surface area contributed by atoms with Crippen molar-refractivity contribution in [1.29, 1.82) is 0 Å². The van der Waals surface area contributed by atoms with E-state index in [9.17, 15) is 0 Å². The molecule has 0 aliphatic heterocycles. The van der Waals surface area contributed by atoms with Gasteiger partial charge in [0.15, 0.2) is 0 Å². The summed E-state index contributed by atoms with van der Waals surface area (Å²) in [6, 6.07) is 23.0. The molecule has 152 valence electrons. The second kappa shape index (κ2) is 9.42. The fraction of sp³-hybridized carbons (Fsp3) is 0.192. The number of allylic oxidation sites excluding steroid dienone is 1. The van der Waals surface area contributed by atoms with E-state index < -0.39 is 0 Å². The van der Waals surface area contributed by atoms with Gasteiger partial charge < -0.3 is 9.47 Å². The minimum atomic E-state index is -0.150. The molecule has 4 aromatic rings. The highest BCUT2D eigenvalue weighted by Gasteiger charge is 2.14. The number of fused-ring (bicyclic) bond motifs is 1. The molecule has 1 atom stereocenters. The Kier molecular flexibility index (Phi) is 6.26. The van der Waals surface area contributed by atoms with E-state index in [4.69, 9.17) is 9.47 Å². The van der Waals surface area contributed by atoms with Crippen LogP contribution < -0.4 is 4.74 Å². The van der Waals surface area contributed by atoms with E-state index in [1.54, 1.807) is 13.3 Å². The molecule has 0 spiro atoms. The summed E-state index contributed by atoms with van der Waals surface area (Å²) in [7, 11) is 1.73. The van der Waals surface area contributed by atoms with Crippen molar-refractivity contribution in [3.8, 4) is 5.75 Å². The number of hydrogen-bond donors (Lipinski definition) is 0. The number of benzene rings is 3. The van der Waals surface area contributed by atoms with Crippen LogP contribution >= 0.6 is 0 Å². The lowest BCUT2D eigenvalue weighted by molar-refractivity contribution is 0.0576. The van der Waals surface area contributed by atoms with Crippen molar-refractivity contribution in [3.05, 3.63) is 102 Å². The van der Waals surface area contributed by atoms with Gasteiger partial charge in [-0.05, 0) is 47.0 Å². The predicted octanol–water partition coefficient (Wildman–Crippen LogP) is 5.88. The third kappa shape index (κ3) is 4.61. The Bertz CT molecular complexity index is 1130. The van der Waals surface area contributed by atoms with Gasteiger partial charge in [0.25, 0.3) is 0 Å². The molecule has 30 heavy (non-hydrogen) atoms. The highest BCUT2D eigenvalue weighted by Crippen LogP contribution is 2.27. The molecule has 0 aliphatic rings. The number of rotatable bonds is 8. The summed E-state index contributed by atoms with van der Waals surface area (Å²) in [5.74, 6) is 0.848. The minimum Gasteiger partial charge on any atom is -0.490 e. The topological polar surface area (TPSA) is 36.3 Å². The van der Waals surface area contributed by atoms with Crippen LogP contribution in [0, 0.1) is 0 Å². The number of hydrogen-bond acceptors (Lipinski definition) is 3. The maximum absolute atomic E-state index is 6.26. The van der Waals surface area contributed by atoms with Crippen LogP contribution in [0.5, 0.6) is 5.75 Å². The number of nitrogens with zero attached hydrogens (tertiary/aromatic N) is 2. The van der Waals surface area contributed by atoms with Gasteiger partial charge in [-0.2, -0.15) is 5.10 Å². The summed E-state index contributed by atoms with van der Waals surface area (Å²) in [6.45, 7) is 3.15. The fourth-order valence-corrected chi connectivity index (χ4v) is 3.57. The summed E-state index contributed by atoms with van der Waals surface area (Å²) in [6.07, 6.45) is 7.68. The van der Waals surface area contributed by atoms with Crippen molar-refractivity contribution in [2.75, 3.05) is 13.7 Å². The molecule has 0 saturated carbocycles. The normalized spacial score (nSPS) is 12.5. The lowest BCUT2D eigenvalue weighted by Gasteiger charge is -2.19. The zero-order chi connectivity index (χ0) is 20.8. The SMILES string of the molecule is C/C=C/c1ccc(Cn2cccn2)cc1OCC(OC)c1ccc2ccccc2c1. The van der Waals surface area contributed by atoms with Crippen LogP contribution in [0.3, 0.4) is 0 Å². The van der Waals surface area contributed by atoms with Crippen LogP contribution in [0.25, 0.3) is 16.8 Å². The Labute approximate surface area is 177 Å². The van der Waals surface area contributed by atoms with E-state index in [1.807, 2.05) is 29.9 Å². The molecule has 4 rings (SSSR count). The van der Waals surface area contributed by atoms with Gasteiger partial charge in [0.1, 0.15) is 18.5 Å². The van der Waals surface area contributed by atoms with Crippen LogP contribution in [0.15, 0.2) is 85.2 Å². The second-order valence-corrected chi connectivity index (χ2v) is 7.22. The van der Waals surface area contributed by atoms with Gasteiger partial charge >= 0.3 is 0 Å². The first kappa shape index (κ1) is 19.9. The quantitative estimate of drug-likeness (QED) is 0.372. The smallest absolute Gasteiger partial charge is 0.127 e. The highest BCUT2D eigenvalue weighted by molar-refractivity contribution is 5.83. The van der Waals surface area contributed by atoms with Crippen LogP contribution in [0.2, 0.25) is 0 Å². The third-order valence-electron chi connectivity index (χ3n) is 5.15. The highest BCUT2D eigenvalue weighted by atomic mass is 16.5. The first-order valence-electron chi connectivity index (χ1n) is 10.1. The van der Waals surface area contributed by atoms with E-state index >= 15 is 0 Å². The van der Waals surface area contributed by atoms with Gasteiger partial charge in [0, 0.05) is 25.1 Å². The van der Waals surface area contributed by atoms with E-state index in [0.717, 1.165) is 22.4 Å². The molecule has 0 radical (unpaired) electrons. The molecule has 0 bridgehead atoms. The first-order chi connectivity index (χ1) is 14.8. The molecular formula is C26H26N2O2. The van der Waals surface area contributed by atoms with E-state index in [2.05, 4.69) is 71.8 Å². The maximum Gasteiger partial charge on any atom is 0.127 e. The van der Waals surface area contributed by atoms with Gasteiger partial charge in [0.05, 0.1) is 6.54 Å². The number of methoxy groups -OCH3 is 1. The molecule has 1 aromatic heterocycles. The van der Waals surface area contributed by atoms with Crippen LogP contribution in [0.1, 0.15) is 29.7 Å². The molecular weight excluding hydrogens is 372 g/mol. The minimum absolute atomic E-state index is 0.150.